The van der Waals surface area contributed by atoms with Gasteiger partial charge in [-0.1, -0.05) is 42.5 Å². The monoisotopic (exact) mass is 271 g/mol. The highest BCUT2D eigenvalue weighted by Gasteiger charge is 2.01. The van der Waals surface area contributed by atoms with Gasteiger partial charge in [0.2, 0.25) is 0 Å². The third-order valence-electron chi connectivity index (χ3n) is 2.89. The first kappa shape index (κ1) is 11.9. The van der Waals surface area contributed by atoms with E-state index in [1.807, 2.05) is 36.4 Å². The van der Waals surface area contributed by atoms with Gasteiger partial charge in [-0.3, -0.25) is 0 Å². The van der Waals surface area contributed by atoms with Crippen molar-refractivity contribution in [1.82, 2.24) is 4.98 Å². The Morgan fingerprint density at radius 3 is 2.21 bits per heavy atom. The quantitative estimate of drug-likeness (QED) is 0.519. The van der Waals surface area contributed by atoms with Crippen LogP contribution in [0.2, 0.25) is 0 Å². The molecule has 4 rings (SSSR count). The van der Waals surface area contributed by atoms with Crippen LogP contribution in [-0.4, -0.2) is 4.98 Å². The maximum atomic E-state index is 12.0. The lowest BCUT2D eigenvalue weighted by Gasteiger charge is -2.00. The van der Waals surface area contributed by atoms with Crippen LogP contribution >= 0.6 is 12.2 Å². The molecule has 2 aliphatic rings. The van der Waals surface area contributed by atoms with Crippen molar-refractivity contribution >= 4 is 12.2 Å². The summed E-state index contributed by atoms with van der Waals surface area (Å²) < 4.78 is 16.9. The van der Waals surface area contributed by atoms with E-state index in [2.05, 4.69) is 4.98 Å². The fourth-order valence-electron chi connectivity index (χ4n) is 1.78. The Morgan fingerprint density at radius 2 is 1.84 bits per heavy atom. The lowest BCUT2D eigenvalue weighted by Crippen LogP contribution is -1.90. The van der Waals surface area contributed by atoms with Gasteiger partial charge in [0.15, 0.2) is 0 Å². The number of hydrogen-bond acceptors (Lipinski definition) is 2. The van der Waals surface area contributed by atoms with Crippen molar-refractivity contribution < 1.29 is 8.81 Å². The molecule has 0 atom stereocenters. The van der Waals surface area contributed by atoms with Crippen molar-refractivity contribution in [3.63, 3.8) is 0 Å². The van der Waals surface area contributed by atoms with Gasteiger partial charge in [-0.05, 0) is 23.5 Å². The molecular formula is C15H10FNOS. The van der Waals surface area contributed by atoms with Crippen LogP contribution in [0.5, 0.6) is 0 Å². The number of rotatable bonds is 1. The van der Waals surface area contributed by atoms with Gasteiger partial charge in [-0.25, -0.2) is 4.39 Å². The molecule has 1 N–H and O–H groups in total. The molecule has 2 nitrogen and oxygen atoms in total. The number of oxazole rings is 1. The fourth-order valence-corrected chi connectivity index (χ4v) is 1.94. The van der Waals surface area contributed by atoms with E-state index in [-0.39, 0.29) is 5.82 Å². The molecule has 0 saturated heterocycles. The van der Waals surface area contributed by atoms with Gasteiger partial charge in [-0.15, -0.1) is 0 Å². The van der Waals surface area contributed by atoms with Crippen LogP contribution in [0, 0.1) is 21.1 Å². The minimum atomic E-state index is -0.0579. The summed E-state index contributed by atoms with van der Waals surface area (Å²) in [5.74, 6) is -0.0579. The van der Waals surface area contributed by atoms with E-state index >= 15 is 0 Å². The van der Waals surface area contributed by atoms with Crippen LogP contribution in [0.3, 0.4) is 0 Å². The maximum absolute atomic E-state index is 12.0. The molecule has 2 aliphatic carbocycles. The minimum absolute atomic E-state index is 0.0579. The third kappa shape index (κ3) is 2.35. The Kier molecular flexibility index (Phi) is 3.01. The van der Waals surface area contributed by atoms with E-state index in [9.17, 15) is 4.39 Å². The highest BCUT2D eigenvalue weighted by molar-refractivity contribution is 7.71. The summed E-state index contributed by atoms with van der Waals surface area (Å²) >= 11 is 4.81. The predicted octanol–water partition coefficient (Wildman–Crippen LogP) is 4.43. The second kappa shape index (κ2) is 4.82. The highest BCUT2D eigenvalue weighted by Crippen LogP contribution is 2.16. The van der Waals surface area contributed by atoms with Crippen molar-refractivity contribution in [2.75, 3.05) is 0 Å². The topological polar surface area (TPSA) is 28.9 Å². The van der Waals surface area contributed by atoms with Gasteiger partial charge in [0, 0.05) is 10.8 Å². The first-order valence-corrected chi connectivity index (χ1v) is 6.18. The lowest BCUT2D eigenvalue weighted by atomic mass is 10.1. The maximum Gasteiger partial charge on any atom is 0.266 e. The van der Waals surface area contributed by atoms with Crippen LogP contribution in [-0.2, 0) is 0 Å². The second-order valence-electron chi connectivity index (χ2n) is 4.12. The number of halogens is 1. The van der Waals surface area contributed by atoms with Gasteiger partial charge in [0.05, 0.1) is 5.69 Å². The molecule has 2 aromatic rings. The summed E-state index contributed by atoms with van der Waals surface area (Å²) in [4.78, 5) is 3.35. The number of nitrogens with one attached hydrogen (secondary N) is 1. The highest BCUT2D eigenvalue weighted by atomic mass is 32.1. The van der Waals surface area contributed by atoms with E-state index < -0.39 is 0 Å². The molecule has 0 unspecified atom stereocenters. The largest absolute Gasteiger partial charge is 0.437 e. The van der Waals surface area contributed by atoms with Crippen molar-refractivity contribution in [3.05, 3.63) is 75.9 Å². The Hall–Kier alpha value is -2.20. The molecule has 19 heavy (non-hydrogen) atoms. The van der Waals surface area contributed by atoms with Crippen molar-refractivity contribution in [1.29, 1.82) is 0 Å². The summed E-state index contributed by atoms with van der Waals surface area (Å²) in [7, 11) is 0. The minimum Gasteiger partial charge on any atom is -0.437 e. The van der Waals surface area contributed by atoms with Gasteiger partial charge in [-0.2, -0.15) is 0 Å². The van der Waals surface area contributed by atoms with Crippen molar-refractivity contribution in [3.8, 4) is 11.3 Å². The second-order valence-corrected chi connectivity index (χ2v) is 4.49. The van der Waals surface area contributed by atoms with Crippen LogP contribution in [0.4, 0.5) is 4.39 Å². The van der Waals surface area contributed by atoms with Crippen LogP contribution in [0.25, 0.3) is 11.3 Å². The van der Waals surface area contributed by atoms with Crippen molar-refractivity contribution in [2.45, 2.75) is 0 Å². The van der Waals surface area contributed by atoms with E-state index in [0.717, 1.165) is 21.7 Å². The number of hydrogen-bond donors (Lipinski definition) is 1. The molecule has 0 aliphatic heterocycles. The number of aromatic nitrogens is 1. The smallest absolute Gasteiger partial charge is 0.266 e. The first-order chi connectivity index (χ1) is 9.24. The third-order valence-corrected chi connectivity index (χ3v) is 3.08. The standard InChI is InChI=1S/C9H7NOS.C6H3F/c12-9-10-8(6-11-9)7-4-2-1-3-5-7;7-6-3-4-1-2-5(4)6/h1-6H,(H,10,12);1-3H. The van der Waals surface area contributed by atoms with Crippen LogP contribution in [0.1, 0.15) is 0 Å². The predicted molar refractivity (Wildman–Crippen MR) is 73.4 cm³/mol. The van der Waals surface area contributed by atoms with Gasteiger partial charge in [0.1, 0.15) is 12.1 Å². The molecule has 0 radical (unpaired) electrons. The molecule has 1 heterocycles. The lowest BCUT2D eigenvalue weighted by molar-refractivity contribution is 0.541. The summed E-state index contributed by atoms with van der Waals surface area (Å²) in [5.41, 5.74) is 2.00. The molecule has 0 amide bonds. The van der Waals surface area contributed by atoms with Gasteiger partial charge < -0.3 is 9.40 Å². The van der Waals surface area contributed by atoms with E-state index in [1.54, 1.807) is 12.3 Å². The van der Waals surface area contributed by atoms with E-state index in [0.29, 0.717) is 4.84 Å². The zero-order valence-corrected chi connectivity index (χ0v) is 10.7. The molecule has 0 spiro atoms. The van der Waals surface area contributed by atoms with E-state index in [1.165, 1.54) is 6.07 Å². The molecule has 0 saturated carbocycles. The molecular weight excluding hydrogens is 261 g/mol. The number of H-pyrrole nitrogens is 1. The van der Waals surface area contributed by atoms with Crippen molar-refractivity contribution in [2.24, 2.45) is 0 Å². The average molecular weight is 271 g/mol. The zero-order chi connectivity index (χ0) is 13.2. The zero-order valence-electron chi connectivity index (χ0n) is 9.89. The molecule has 0 bridgehead atoms. The molecule has 1 aromatic carbocycles. The summed E-state index contributed by atoms with van der Waals surface area (Å²) in [6.45, 7) is 0. The average Bonchev–Trinajstić information content (AvgIpc) is 2.84. The molecule has 94 valence electrons. The van der Waals surface area contributed by atoms with Gasteiger partial charge >= 0.3 is 0 Å². The van der Waals surface area contributed by atoms with E-state index in [4.69, 9.17) is 16.6 Å². The number of aromatic amines is 1. The first-order valence-electron chi connectivity index (χ1n) is 5.77. The Morgan fingerprint density at radius 1 is 1.05 bits per heavy atom. The van der Waals surface area contributed by atoms with Gasteiger partial charge in [0.25, 0.3) is 4.84 Å². The normalized spacial score (nSPS) is 10.6. The SMILES string of the molecule is Fc1cc2ccc1=2.S=c1[nH]c(-c2ccccc2)co1. The summed E-state index contributed by atoms with van der Waals surface area (Å²) in [6.07, 6.45) is 1.62. The Labute approximate surface area is 113 Å². The molecule has 1 aromatic heterocycles. The van der Waals surface area contributed by atoms with Crippen LogP contribution in [0.15, 0.2) is 59.2 Å². The number of benzene rings is 2. The van der Waals surface area contributed by atoms with Crippen LogP contribution < -0.4 is 0 Å². The molecule has 0 fully saturated rings. The summed E-state index contributed by atoms with van der Waals surface area (Å²) in [6, 6.07) is 15.1. The Balaban J connectivity index is 0.000000132. The molecule has 4 heteroatoms. The fraction of sp³-hybridized carbons (Fsp3) is 0. The Bertz CT molecular complexity index is 852. The summed E-state index contributed by atoms with van der Waals surface area (Å²) in [5, 5.41) is 1.87.